The number of rotatable bonds is 4. The number of aryl methyl sites for hydroxylation is 1. The molecule has 0 atom stereocenters. The quantitative estimate of drug-likeness (QED) is 0.734. The minimum atomic E-state index is -0.151. The summed E-state index contributed by atoms with van der Waals surface area (Å²) in [6, 6.07) is 5.61. The van der Waals surface area contributed by atoms with Gasteiger partial charge in [0.05, 0.1) is 16.7 Å². The van der Waals surface area contributed by atoms with E-state index in [1.54, 1.807) is 18.2 Å². The maximum atomic E-state index is 12.1. The Bertz CT molecular complexity index is 947. The molecule has 0 bridgehead atoms. The Labute approximate surface area is 141 Å². The van der Waals surface area contributed by atoms with E-state index in [1.165, 1.54) is 24.6 Å². The van der Waals surface area contributed by atoms with E-state index in [1.807, 2.05) is 6.92 Å². The van der Waals surface area contributed by atoms with E-state index in [0.717, 1.165) is 11.0 Å². The van der Waals surface area contributed by atoms with E-state index in [0.29, 0.717) is 33.5 Å². The number of nitrogens with zero attached hydrogens (tertiary/aromatic N) is 4. The highest BCUT2D eigenvalue weighted by atomic mass is 35.5. The van der Waals surface area contributed by atoms with Crippen LogP contribution in [0, 0.1) is 6.92 Å². The van der Waals surface area contributed by atoms with E-state index < -0.39 is 0 Å². The summed E-state index contributed by atoms with van der Waals surface area (Å²) in [6.07, 6.45) is 2.35. The minimum absolute atomic E-state index is 0.151. The molecular formula is C15H14ClN5OS. The zero-order valence-electron chi connectivity index (χ0n) is 12.4. The fraction of sp³-hybridized carbons (Fsp3) is 0.333. The molecule has 0 amide bonds. The summed E-state index contributed by atoms with van der Waals surface area (Å²) < 4.78 is 2.17. The second-order valence-corrected chi connectivity index (χ2v) is 6.97. The molecule has 2 heterocycles. The van der Waals surface area contributed by atoms with Crippen LogP contribution in [-0.4, -0.2) is 24.7 Å². The van der Waals surface area contributed by atoms with Gasteiger partial charge < -0.3 is 9.55 Å². The highest BCUT2D eigenvalue weighted by molar-refractivity contribution is 7.98. The second-order valence-electron chi connectivity index (χ2n) is 5.59. The molecule has 4 rings (SSSR count). The number of halogens is 1. The molecular weight excluding hydrogens is 334 g/mol. The van der Waals surface area contributed by atoms with Gasteiger partial charge in [-0.3, -0.25) is 4.79 Å². The topological polar surface area (TPSA) is 76.5 Å². The van der Waals surface area contributed by atoms with Gasteiger partial charge in [0.15, 0.2) is 5.16 Å². The number of H-pyrrole nitrogens is 1. The van der Waals surface area contributed by atoms with Gasteiger partial charge in [0.25, 0.3) is 5.56 Å². The number of hydrogen-bond acceptors (Lipinski definition) is 5. The monoisotopic (exact) mass is 347 g/mol. The molecule has 2 aromatic heterocycles. The van der Waals surface area contributed by atoms with Crippen LogP contribution >= 0.6 is 23.4 Å². The fourth-order valence-corrected chi connectivity index (χ4v) is 3.65. The molecule has 1 aromatic carbocycles. The van der Waals surface area contributed by atoms with Gasteiger partial charge in [-0.2, -0.15) is 0 Å². The summed E-state index contributed by atoms with van der Waals surface area (Å²) in [5.41, 5.74) is 0.457. The van der Waals surface area contributed by atoms with Crippen molar-refractivity contribution in [3.05, 3.63) is 45.2 Å². The van der Waals surface area contributed by atoms with Gasteiger partial charge in [-0.15, -0.1) is 10.2 Å². The second kappa shape index (κ2) is 5.65. The Balaban J connectivity index is 1.62. The highest BCUT2D eigenvalue weighted by Gasteiger charge is 2.28. The van der Waals surface area contributed by atoms with Gasteiger partial charge in [-0.1, -0.05) is 23.4 Å². The van der Waals surface area contributed by atoms with Crippen molar-refractivity contribution in [3.8, 4) is 0 Å². The fourth-order valence-electron chi connectivity index (χ4n) is 2.56. The number of fused-ring (bicyclic) bond motifs is 1. The summed E-state index contributed by atoms with van der Waals surface area (Å²) in [5.74, 6) is 2.07. The van der Waals surface area contributed by atoms with Crippen LogP contribution in [0.3, 0.4) is 0 Å². The van der Waals surface area contributed by atoms with Crippen LogP contribution < -0.4 is 5.56 Å². The Kier molecular flexibility index (Phi) is 3.61. The zero-order valence-corrected chi connectivity index (χ0v) is 14.0. The van der Waals surface area contributed by atoms with Crippen LogP contribution in [0.15, 0.2) is 28.2 Å². The van der Waals surface area contributed by atoms with Gasteiger partial charge in [-0.25, -0.2) is 4.98 Å². The number of aromatic nitrogens is 5. The largest absolute Gasteiger partial charge is 0.309 e. The van der Waals surface area contributed by atoms with Crippen molar-refractivity contribution in [1.29, 1.82) is 0 Å². The minimum Gasteiger partial charge on any atom is -0.309 e. The molecule has 0 spiro atoms. The third kappa shape index (κ3) is 2.86. The first-order valence-corrected chi connectivity index (χ1v) is 8.71. The van der Waals surface area contributed by atoms with Gasteiger partial charge in [-0.05, 0) is 38.0 Å². The normalized spacial score (nSPS) is 14.5. The number of thioether (sulfide) groups is 1. The van der Waals surface area contributed by atoms with Gasteiger partial charge in [0.1, 0.15) is 11.6 Å². The average Bonchev–Trinajstić information content (AvgIpc) is 3.28. The van der Waals surface area contributed by atoms with Crippen molar-refractivity contribution in [2.45, 2.75) is 36.7 Å². The number of aromatic amines is 1. The lowest BCUT2D eigenvalue weighted by Gasteiger charge is -2.06. The maximum absolute atomic E-state index is 12.1. The predicted molar refractivity (Wildman–Crippen MR) is 90.0 cm³/mol. The Hall–Kier alpha value is -1.86. The molecule has 1 N–H and O–H groups in total. The molecule has 0 unspecified atom stereocenters. The number of benzene rings is 1. The van der Waals surface area contributed by atoms with E-state index >= 15 is 0 Å². The SMILES string of the molecule is Cc1nnc(SCc2nc3cc(Cl)ccc3c(=O)[nH]2)n1C1CC1. The van der Waals surface area contributed by atoms with E-state index in [2.05, 4.69) is 24.7 Å². The maximum Gasteiger partial charge on any atom is 0.258 e. The summed E-state index contributed by atoms with van der Waals surface area (Å²) >= 11 is 7.52. The van der Waals surface area contributed by atoms with Crippen molar-refractivity contribution in [2.24, 2.45) is 0 Å². The van der Waals surface area contributed by atoms with E-state index in [9.17, 15) is 4.79 Å². The van der Waals surface area contributed by atoms with Crippen molar-refractivity contribution in [1.82, 2.24) is 24.7 Å². The molecule has 1 fully saturated rings. The summed E-state index contributed by atoms with van der Waals surface area (Å²) in [7, 11) is 0. The van der Waals surface area contributed by atoms with Crippen molar-refractivity contribution in [2.75, 3.05) is 0 Å². The van der Waals surface area contributed by atoms with Gasteiger partial charge in [0, 0.05) is 11.1 Å². The summed E-state index contributed by atoms with van der Waals surface area (Å²) in [5, 5.41) is 10.4. The molecule has 8 heteroatoms. The molecule has 1 aliphatic carbocycles. The molecule has 6 nitrogen and oxygen atoms in total. The van der Waals surface area contributed by atoms with Gasteiger partial charge in [0.2, 0.25) is 0 Å². The molecule has 1 saturated carbocycles. The lowest BCUT2D eigenvalue weighted by Crippen LogP contribution is -2.11. The first-order chi connectivity index (χ1) is 11.1. The van der Waals surface area contributed by atoms with Crippen LogP contribution in [0.1, 0.15) is 30.5 Å². The third-order valence-electron chi connectivity index (χ3n) is 3.80. The van der Waals surface area contributed by atoms with Crippen LogP contribution in [0.4, 0.5) is 0 Å². The molecule has 0 aliphatic heterocycles. The Morgan fingerprint density at radius 2 is 2.22 bits per heavy atom. The zero-order chi connectivity index (χ0) is 16.0. The summed E-state index contributed by atoms with van der Waals surface area (Å²) in [4.78, 5) is 19.4. The molecule has 23 heavy (non-hydrogen) atoms. The van der Waals surface area contributed by atoms with Crippen molar-refractivity contribution in [3.63, 3.8) is 0 Å². The first-order valence-electron chi connectivity index (χ1n) is 7.34. The molecule has 118 valence electrons. The number of nitrogens with one attached hydrogen (secondary N) is 1. The summed E-state index contributed by atoms with van der Waals surface area (Å²) in [6.45, 7) is 1.97. The van der Waals surface area contributed by atoms with Crippen LogP contribution in [-0.2, 0) is 5.75 Å². The third-order valence-corrected chi connectivity index (χ3v) is 4.99. The van der Waals surface area contributed by atoms with Crippen LogP contribution in [0.2, 0.25) is 5.02 Å². The molecule has 0 radical (unpaired) electrons. The standard InChI is InChI=1S/C15H14ClN5OS/c1-8-19-20-15(21(8)10-3-4-10)23-7-13-17-12-6-9(16)2-5-11(12)14(22)18-13/h2,5-6,10H,3-4,7H2,1H3,(H,17,18,22). The van der Waals surface area contributed by atoms with E-state index in [-0.39, 0.29) is 5.56 Å². The Morgan fingerprint density at radius 3 is 3.00 bits per heavy atom. The van der Waals surface area contributed by atoms with Crippen molar-refractivity contribution < 1.29 is 0 Å². The predicted octanol–water partition coefficient (Wildman–Crippen LogP) is 3.10. The van der Waals surface area contributed by atoms with Gasteiger partial charge >= 0.3 is 0 Å². The van der Waals surface area contributed by atoms with Crippen molar-refractivity contribution >= 4 is 34.3 Å². The van der Waals surface area contributed by atoms with E-state index in [4.69, 9.17) is 11.6 Å². The lowest BCUT2D eigenvalue weighted by atomic mass is 10.2. The highest BCUT2D eigenvalue weighted by Crippen LogP contribution is 2.38. The Morgan fingerprint density at radius 1 is 1.39 bits per heavy atom. The first kappa shape index (κ1) is 14.7. The van der Waals surface area contributed by atoms with Crippen LogP contribution in [0.5, 0.6) is 0 Å². The molecule has 0 saturated heterocycles. The number of hydrogen-bond donors (Lipinski definition) is 1. The molecule has 3 aromatic rings. The average molecular weight is 348 g/mol. The smallest absolute Gasteiger partial charge is 0.258 e. The van der Waals surface area contributed by atoms with Crippen LogP contribution in [0.25, 0.3) is 10.9 Å². The molecule has 1 aliphatic rings. The lowest BCUT2D eigenvalue weighted by molar-refractivity contribution is 0.644.